The maximum atomic E-state index is 13.4. The van der Waals surface area contributed by atoms with Crippen molar-refractivity contribution in [3.8, 4) is 0 Å². The van der Waals surface area contributed by atoms with Gasteiger partial charge in [0, 0.05) is 25.1 Å². The third-order valence-corrected chi connectivity index (χ3v) is 2.51. The Morgan fingerprint density at radius 3 is 2.84 bits per heavy atom. The molecular weight excluding hydrogens is 256 g/mol. The zero-order chi connectivity index (χ0) is 13.8. The summed E-state index contributed by atoms with van der Waals surface area (Å²) in [5.74, 6) is -0.556. The smallest absolute Gasteiger partial charge is 0.223 e. The molecule has 2 rings (SSSR count). The summed E-state index contributed by atoms with van der Waals surface area (Å²) < 4.78 is 30.9. The van der Waals surface area contributed by atoms with E-state index in [9.17, 15) is 13.9 Å². The topological polar surface area (TPSA) is 71.2 Å². The van der Waals surface area contributed by atoms with E-state index in [-0.39, 0.29) is 18.7 Å². The van der Waals surface area contributed by atoms with E-state index in [1.807, 2.05) is 0 Å². The van der Waals surface area contributed by atoms with Crippen LogP contribution < -0.4 is 5.32 Å². The van der Waals surface area contributed by atoms with E-state index in [2.05, 4.69) is 15.5 Å². The number of nitrogens with zero attached hydrogens (tertiary/aromatic N) is 2. The van der Waals surface area contributed by atoms with E-state index in [1.54, 1.807) is 6.92 Å². The highest BCUT2D eigenvalue weighted by Gasteiger charge is 2.13. The maximum Gasteiger partial charge on any atom is 0.223 e. The minimum absolute atomic E-state index is 0.0400. The first-order valence-corrected chi connectivity index (χ1v) is 5.69. The molecule has 2 N–H and O–H groups in total. The Balaban J connectivity index is 1.88. The summed E-state index contributed by atoms with van der Waals surface area (Å²) in [6.07, 6.45) is -1.08. The van der Waals surface area contributed by atoms with Crippen LogP contribution in [0.25, 0.3) is 0 Å². The van der Waals surface area contributed by atoms with Crippen LogP contribution in [0.3, 0.4) is 0 Å². The molecule has 19 heavy (non-hydrogen) atoms. The lowest BCUT2D eigenvalue weighted by Gasteiger charge is -2.12. The molecule has 0 saturated carbocycles. The van der Waals surface area contributed by atoms with Gasteiger partial charge in [-0.25, -0.2) is 8.78 Å². The molecule has 0 spiro atoms. The van der Waals surface area contributed by atoms with E-state index in [0.717, 1.165) is 12.1 Å². The summed E-state index contributed by atoms with van der Waals surface area (Å²) in [6.45, 7) is 2.05. The van der Waals surface area contributed by atoms with Crippen LogP contribution >= 0.6 is 0 Å². The van der Waals surface area contributed by atoms with Gasteiger partial charge >= 0.3 is 0 Å². The van der Waals surface area contributed by atoms with Crippen molar-refractivity contribution in [3.05, 3.63) is 47.1 Å². The van der Waals surface area contributed by atoms with Crippen molar-refractivity contribution in [2.75, 3.05) is 6.54 Å². The second kappa shape index (κ2) is 5.85. The number of aromatic nitrogens is 2. The summed E-state index contributed by atoms with van der Waals surface area (Å²) in [5.41, 5.74) is 0.0400. The first kappa shape index (κ1) is 13.6. The lowest BCUT2D eigenvalue weighted by molar-refractivity contribution is 0.169. The van der Waals surface area contributed by atoms with Gasteiger partial charge < -0.3 is 14.9 Å². The number of nitrogens with one attached hydrogen (secondary N) is 1. The number of aryl methyl sites for hydroxylation is 1. The highest BCUT2D eigenvalue weighted by Crippen LogP contribution is 2.17. The van der Waals surface area contributed by atoms with Crippen LogP contribution in [0.5, 0.6) is 0 Å². The maximum absolute atomic E-state index is 13.4. The molecule has 2 aromatic rings. The number of rotatable bonds is 5. The standard InChI is InChI=1S/C12H13F2N3O2/c1-7-16-12(17-19-7)6-15-5-11(18)9-3-2-8(13)4-10(9)14/h2-4,11,15,18H,5-6H2,1H3. The largest absolute Gasteiger partial charge is 0.387 e. The van der Waals surface area contributed by atoms with Gasteiger partial charge in [-0.1, -0.05) is 11.2 Å². The van der Waals surface area contributed by atoms with Gasteiger partial charge in [0.1, 0.15) is 11.6 Å². The predicted octanol–water partition coefficient (Wildman–Crippen LogP) is 1.48. The molecule has 0 saturated heterocycles. The van der Waals surface area contributed by atoms with Gasteiger partial charge in [-0.15, -0.1) is 0 Å². The summed E-state index contributed by atoms with van der Waals surface area (Å²) in [5, 5.41) is 16.3. The van der Waals surface area contributed by atoms with Crippen LogP contribution in [-0.4, -0.2) is 21.8 Å². The summed E-state index contributed by atoms with van der Waals surface area (Å²) in [7, 11) is 0. The van der Waals surface area contributed by atoms with Crippen molar-refractivity contribution in [3.63, 3.8) is 0 Å². The predicted molar refractivity (Wildman–Crippen MR) is 62.1 cm³/mol. The molecule has 0 aliphatic heterocycles. The van der Waals surface area contributed by atoms with Crippen molar-refractivity contribution in [1.82, 2.24) is 15.5 Å². The Bertz CT molecular complexity index is 560. The normalized spacial score (nSPS) is 12.6. The molecule has 0 amide bonds. The lowest BCUT2D eigenvalue weighted by Crippen LogP contribution is -2.22. The monoisotopic (exact) mass is 269 g/mol. The molecule has 1 atom stereocenters. The zero-order valence-corrected chi connectivity index (χ0v) is 10.2. The Kier molecular flexibility index (Phi) is 4.18. The van der Waals surface area contributed by atoms with Gasteiger partial charge in [-0.05, 0) is 6.07 Å². The number of halogens is 2. The SMILES string of the molecule is Cc1nc(CNCC(O)c2ccc(F)cc2F)no1. The van der Waals surface area contributed by atoms with Gasteiger partial charge in [0.05, 0.1) is 12.6 Å². The number of aliphatic hydroxyl groups is 1. The third kappa shape index (κ3) is 3.55. The van der Waals surface area contributed by atoms with Crippen molar-refractivity contribution < 1.29 is 18.4 Å². The Morgan fingerprint density at radius 1 is 1.42 bits per heavy atom. The summed E-state index contributed by atoms with van der Waals surface area (Å²) >= 11 is 0. The van der Waals surface area contributed by atoms with Crippen LogP contribution in [0.2, 0.25) is 0 Å². The van der Waals surface area contributed by atoms with Crippen LogP contribution in [0, 0.1) is 18.6 Å². The lowest BCUT2D eigenvalue weighted by atomic mass is 10.1. The second-order valence-corrected chi connectivity index (χ2v) is 4.04. The van der Waals surface area contributed by atoms with E-state index >= 15 is 0 Å². The Morgan fingerprint density at radius 2 is 2.21 bits per heavy atom. The number of benzene rings is 1. The molecule has 1 unspecified atom stereocenters. The van der Waals surface area contributed by atoms with E-state index in [1.165, 1.54) is 6.07 Å². The van der Waals surface area contributed by atoms with Crippen molar-refractivity contribution >= 4 is 0 Å². The summed E-state index contributed by atoms with van der Waals surface area (Å²) in [4.78, 5) is 3.96. The fourth-order valence-electron chi connectivity index (χ4n) is 1.62. The molecule has 1 aromatic carbocycles. The number of hydrogen-bond acceptors (Lipinski definition) is 5. The average molecular weight is 269 g/mol. The second-order valence-electron chi connectivity index (χ2n) is 4.04. The third-order valence-electron chi connectivity index (χ3n) is 2.51. The number of hydrogen-bond donors (Lipinski definition) is 2. The fraction of sp³-hybridized carbons (Fsp3) is 0.333. The molecular formula is C12H13F2N3O2. The van der Waals surface area contributed by atoms with Crippen LogP contribution in [0.1, 0.15) is 23.4 Å². The zero-order valence-electron chi connectivity index (χ0n) is 10.2. The van der Waals surface area contributed by atoms with E-state index in [0.29, 0.717) is 11.7 Å². The molecule has 1 heterocycles. The molecule has 0 aliphatic rings. The van der Waals surface area contributed by atoms with Gasteiger partial charge in [-0.2, -0.15) is 4.98 Å². The van der Waals surface area contributed by atoms with Crippen LogP contribution in [0.15, 0.2) is 22.7 Å². The molecule has 0 aliphatic carbocycles. The first-order chi connectivity index (χ1) is 9.06. The first-order valence-electron chi connectivity index (χ1n) is 5.69. The van der Waals surface area contributed by atoms with Gasteiger partial charge in [0.25, 0.3) is 0 Å². The van der Waals surface area contributed by atoms with E-state index in [4.69, 9.17) is 4.52 Å². The van der Waals surface area contributed by atoms with Gasteiger partial charge in [-0.3, -0.25) is 0 Å². The van der Waals surface area contributed by atoms with E-state index < -0.39 is 17.7 Å². The average Bonchev–Trinajstić information content (AvgIpc) is 2.75. The molecule has 0 fully saturated rings. The fourth-order valence-corrected chi connectivity index (χ4v) is 1.62. The quantitative estimate of drug-likeness (QED) is 0.860. The van der Waals surface area contributed by atoms with Gasteiger partial charge in [0.2, 0.25) is 5.89 Å². The minimum atomic E-state index is -1.08. The van der Waals surface area contributed by atoms with Crippen molar-refractivity contribution in [2.24, 2.45) is 0 Å². The minimum Gasteiger partial charge on any atom is -0.387 e. The molecule has 0 bridgehead atoms. The highest BCUT2D eigenvalue weighted by atomic mass is 19.1. The van der Waals surface area contributed by atoms with Crippen LogP contribution in [0.4, 0.5) is 8.78 Å². The van der Waals surface area contributed by atoms with Gasteiger partial charge in [0.15, 0.2) is 5.82 Å². The van der Waals surface area contributed by atoms with Crippen molar-refractivity contribution in [1.29, 1.82) is 0 Å². The Labute approximate surface area is 108 Å². The number of aliphatic hydroxyl groups excluding tert-OH is 1. The van der Waals surface area contributed by atoms with Crippen molar-refractivity contribution in [2.45, 2.75) is 19.6 Å². The highest BCUT2D eigenvalue weighted by molar-refractivity contribution is 5.21. The molecule has 0 radical (unpaired) electrons. The summed E-state index contributed by atoms with van der Waals surface area (Å²) in [6, 6.07) is 3.06. The molecule has 102 valence electrons. The van der Waals surface area contributed by atoms with Crippen LogP contribution in [-0.2, 0) is 6.54 Å². The molecule has 5 nitrogen and oxygen atoms in total. The molecule has 7 heteroatoms. The Hall–Kier alpha value is -1.86. The molecule has 1 aromatic heterocycles.